The van der Waals surface area contributed by atoms with Crippen molar-refractivity contribution >= 4 is 39.4 Å². The van der Waals surface area contributed by atoms with Crippen LogP contribution in [0.1, 0.15) is 37.3 Å². The SMILES string of the molecule is Cc1cc2nccnc2cc1Nc1cc2c(cn1)n(C)c(=O)n2C1CCC(=O)CC1. The highest BCUT2D eigenvalue weighted by Crippen LogP contribution is 2.30. The maximum Gasteiger partial charge on any atom is 0.329 e. The van der Waals surface area contributed by atoms with E-state index in [1.54, 1.807) is 30.2 Å². The summed E-state index contributed by atoms with van der Waals surface area (Å²) in [7, 11) is 1.76. The molecule has 0 saturated heterocycles. The molecule has 8 heteroatoms. The first kappa shape index (κ1) is 18.5. The molecule has 5 rings (SSSR count). The Labute approximate surface area is 172 Å². The van der Waals surface area contributed by atoms with E-state index in [1.165, 1.54) is 0 Å². The number of benzene rings is 1. The van der Waals surface area contributed by atoms with Gasteiger partial charge in [0, 0.05) is 50.1 Å². The number of hydrogen-bond donors (Lipinski definition) is 1. The summed E-state index contributed by atoms with van der Waals surface area (Å²) in [5.74, 6) is 0.929. The lowest BCUT2D eigenvalue weighted by Crippen LogP contribution is -2.28. The van der Waals surface area contributed by atoms with Gasteiger partial charge in [-0.05, 0) is 37.5 Å². The molecule has 1 fully saturated rings. The van der Waals surface area contributed by atoms with Crippen LogP contribution in [0, 0.1) is 6.92 Å². The van der Waals surface area contributed by atoms with E-state index < -0.39 is 0 Å². The van der Waals surface area contributed by atoms with Gasteiger partial charge in [-0.25, -0.2) is 9.78 Å². The number of ketones is 1. The summed E-state index contributed by atoms with van der Waals surface area (Å²) in [5.41, 5.74) is 5.11. The van der Waals surface area contributed by atoms with E-state index >= 15 is 0 Å². The number of fused-ring (bicyclic) bond motifs is 2. The van der Waals surface area contributed by atoms with Crippen molar-refractivity contribution in [3.63, 3.8) is 0 Å². The number of anilines is 2. The molecule has 0 bridgehead atoms. The van der Waals surface area contributed by atoms with Gasteiger partial charge in [-0.15, -0.1) is 0 Å². The Morgan fingerprint density at radius 3 is 2.40 bits per heavy atom. The summed E-state index contributed by atoms with van der Waals surface area (Å²) < 4.78 is 3.45. The Hall–Kier alpha value is -3.55. The fraction of sp³-hybridized carbons (Fsp3) is 0.318. The number of aryl methyl sites for hydroxylation is 2. The van der Waals surface area contributed by atoms with Crippen LogP contribution in [0.15, 0.2) is 41.6 Å². The molecular formula is C22H22N6O2. The van der Waals surface area contributed by atoms with Gasteiger partial charge in [-0.1, -0.05) is 0 Å². The van der Waals surface area contributed by atoms with Crippen molar-refractivity contribution in [2.45, 2.75) is 38.6 Å². The molecule has 3 heterocycles. The lowest BCUT2D eigenvalue weighted by molar-refractivity contribution is -0.120. The summed E-state index contributed by atoms with van der Waals surface area (Å²) in [5, 5.41) is 3.36. The van der Waals surface area contributed by atoms with Crippen LogP contribution in [0.3, 0.4) is 0 Å². The molecule has 0 spiro atoms. The van der Waals surface area contributed by atoms with E-state index in [4.69, 9.17) is 0 Å². The summed E-state index contributed by atoms with van der Waals surface area (Å²) in [6, 6.07) is 5.88. The Balaban J connectivity index is 1.56. The monoisotopic (exact) mass is 402 g/mol. The number of carbonyl (C=O) groups is 1. The first-order chi connectivity index (χ1) is 14.5. The highest BCUT2D eigenvalue weighted by molar-refractivity contribution is 5.84. The first-order valence-corrected chi connectivity index (χ1v) is 10.1. The van der Waals surface area contributed by atoms with Crippen LogP contribution in [0.4, 0.5) is 11.5 Å². The van der Waals surface area contributed by atoms with Gasteiger partial charge in [-0.3, -0.25) is 23.9 Å². The number of aromatic nitrogens is 5. The van der Waals surface area contributed by atoms with Crippen LogP contribution in [-0.4, -0.2) is 29.9 Å². The van der Waals surface area contributed by atoms with Gasteiger partial charge in [0.2, 0.25) is 0 Å². The van der Waals surface area contributed by atoms with Crippen molar-refractivity contribution in [2.24, 2.45) is 7.05 Å². The quantitative estimate of drug-likeness (QED) is 0.564. The average molecular weight is 402 g/mol. The average Bonchev–Trinajstić information content (AvgIpc) is 2.99. The van der Waals surface area contributed by atoms with Crippen molar-refractivity contribution in [3.05, 3.63) is 52.8 Å². The van der Waals surface area contributed by atoms with E-state index in [9.17, 15) is 9.59 Å². The van der Waals surface area contributed by atoms with E-state index in [0.29, 0.717) is 31.5 Å². The van der Waals surface area contributed by atoms with Gasteiger partial charge in [0.05, 0.1) is 28.3 Å². The number of pyridine rings is 1. The fourth-order valence-electron chi connectivity index (χ4n) is 4.25. The third-order valence-electron chi connectivity index (χ3n) is 5.93. The number of nitrogens with zero attached hydrogens (tertiary/aromatic N) is 5. The van der Waals surface area contributed by atoms with Crippen LogP contribution < -0.4 is 11.0 Å². The third-order valence-corrected chi connectivity index (χ3v) is 5.93. The molecule has 0 atom stereocenters. The number of hydrogen-bond acceptors (Lipinski definition) is 6. The number of Topliss-reactive ketones (excluding diaryl/α,β-unsaturated/α-hetero) is 1. The van der Waals surface area contributed by atoms with E-state index in [0.717, 1.165) is 33.3 Å². The van der Waals surface area contributed by atoms with Gasteiger partial charge in [0.15, 0.2) is 0 Å². The predicted molar refractivity (Wildman–Crippen MR) is 115 cm³/mol. The molecule has 0 amide bonds. The highest BCUT2D eigenvalue weighted by Gasteiger charge is 2.24. The number of nitrogens with one attached hydrogen (secondary N) is 1. The normalized spacial score (nSPS) is 15.2. The summed E-state index contributed by atoms with van der Waals surface area (Å²) in [4.78, 5) is 37.8. The van der Waals surface area contributed by atoms with Gasteiger partial charge in [-0.2, -0.15) is 0 Å². The second kappa shape index (κ2) is 7.05. The maximum absolute atomic E-state index is 12.9. The van der Waals surface area contributed by atoms with E-state index in [1.807, 2.05) is 29.7 Å². The van der Waals surface area contributed by atoms with Crippen molar-refractivity contribution in [1.29, 1.82) is 0 Å². The molecule has 0 unspecified atom stereocenters. The van der Waals surface area contributed by atoms with Crippen LogP contribution >= 0.6 is 0 Å². The van der Waals surface area contributed by atoms with Gasteiger partial charge >= 0.3 is 5.69 Å². The molecule has 30 heavy (non-hydrogen) atoms. The molecule has 0 radical (unpaired) electrons. The van der Waals surface area contributed by atoms with Crippen LogP contribution in [0.25, 0.3) is 22.1 Å². The molecule has 3 aromatic heterocycles. The summed E-state index contributed by atoms with van der Waals surface area (Å²) >= 11 is 0. The smallest absolute Gasteiger partial charge is 0.329 e. The summed E-state index contributed by atoms with van der Waals surface area (Å²) in [6.45, 7) is 2.01. The maximum atomic E-state index is 12.9. The lowest BCUT2D eigenvalue weighted by Gasteiger charge is -2.22. The fourth-order valence-corrected chi connectivity index (χ4v) is 4.25. The molecule has 1 aliphatic carbocycles. The lowest BCUT2D eigenvalue weighted by atomic mass is 9.94. The molecular weight excluding hydrogens is 380 g/mol. The second-order valence-corrected chi connectivity index (χ2v) is 7.88. The Morgan fingerprint density at radius 2 is 1.67 bits per heavy atom. The highest BCUT2D eigenvalue weighted by atomic mass is 16.2. The number of carbonyl (C=O) groups excluding carboxylic acids is 1. The molecule has 152 valence electrons. The Bertz CT molecular complexity index is 1340. The summed E-state index contributed by atoms with van der Waals surface area (Å²) in [6.07, 6.45) is 7.53. The topological polar surface area (TPSA) is 94.7 Å². The zero-order valence-corrected chi connectivity index (χ0v) is 16.9. The van der Waals surface area contributed by atoms with E-state index in [-0.39, 0.29) is 17.5 Å². The van der Waals surface area contributed by atoms with Gasteiger partial charge in [0.25, 0.3) is 0 Å². The van der Waals surface area contributed by atoms with Gasteiger partial charge < -0.3 is 5.32 Å². The van der Waals surface area contributed by atoms with Crippen molar-refractivity contribution < 1.29 is 4.79 Å². The molecule has 1 saturated carbocycles. The standard InChI is InChI=1S/C22H22N6O2/c1-13-9-17-18(24-8-7-23-17)10-16(13)26-21-11-19-20(12-25-21)27(2)22(30)28(19)14-3-5-15(29)6-4-14/h7-12,14H,3-6H2,1-2H3,(H,25,26). The number of rotatable bonds is 3. The second-order valence-electron chi connectivity index (χ2n) is 7.88. The zero-order chi connectivity index (χ0) is 20.8. The van der Waals surface area contributed by atoms with E-state index in [2.05, 4.69) is 20.3 Å². The molecule has 8 nitrogen and oxygen atoms in total. The molecule has 1 aromatic carbocycles. The minimum atomic E-state index is -0.0690. The minimum Gasteiger partial charge on any atom is -0.340 e. The molecule has 4 aromatic rings. The van der Waals surface area contributed by atoms with Crippen LogP contribution in [-0.2, 0) is 11.8 Å². The largest absolute Gasteiger partial charge is 0.340 e. The zero-order valence-electron chi connectivity index (χ0n) is 16.9. The minimum absolute atomic E-state index is 0.0341. The van der Waals surface area contributed by atoms with Crippen molar-refractivity contribution in [3.8, 4) is 0 Å². The van der Waals surface area contributed by atoms with Crippen molar-refractivity contribution in [2.75, 3.05) is 5.32 Å². The molecule has 1 N–H and O–H groups in total. The first-order valence-electron chi connectivity index (χ1n) is 10.1. The molecule has 1 aliphatic rings. The Kier molecular flexibility index (Phi) is 4.34. The van der Waals surface area contributed by atoms with Crippen LogP contribution in [0.2, 0.25) is 0 Å². The van der Waals surface area contributed by atoms with Crippen molar-refractivity contribution in [1.82, 2.24) is 24.1 Å². The number of imidazole rings is 1. The van der Waals surface area contributed by atoms with Gasteiger partial charge in [0.1, 0.15) is 11.6 Å². The van der Waals surface area contributed by atoms with Crippen LogP contribution in [0.5, 0.6) is 0 Å². The predicted octanol–water partition coefficient (Wildman–Crippen LogP) is 3.41. The Morgan fingerprint density at radius 1 is 0.967 bits per heavy atom. The third kappa shape index (κ3) is 3.04. The molecule has 0 aliphatic heterocycles.